The molecule has 0 bridgehead atoms. The summed E-state index contributed by atoms with van der Waals surface area (Å²) in [6.07, 6.45) is 0. The lowest BCUT2D eigenvalue weighted by Gasteiger charge is -1.93. The van der Waals surface area contributed by atoms with E-state index in [0.29, 0.717) is 22.5 Å². The number of nitrogens with zero attached hydrogens (tertiary/aromatic N) is 1. The van der Waals surface area contributed by atoms with Crippen molar-refractivity contribution < 1.29 is 8.42 Å². The van der Waals surface area contributed by atoms with Crippen molar-refractivity contribution in [1.82, 2.24) is 0 Å². The van der Waals surface area contributed by atoms with Gasteiger partial charge < -0.3 is 0 Å². The van der Waals surface area contributed by atoms with E-state index >= 15 is 0 Å². The lowest BCUT2D eigenvalue weighted by molar-refractivity contribution is 0.698. The van der Waals surface area contributed by atoms with E-state index in [1.165, 1.54) is 5.37 Å². The lowest BCUT2D eigenvalue weighted by Crippen LogP contribution is -1.79. The van der Waals surface area contributed by atoms with Crippen LogP contribution in [-0.2, 0) is 22.7 Å². The van der Waals surface area contributed by atoms with E-state index in [1.54, 1.807) is 24.3 Å². The molecule has 5 heteroatoms. The van der Waals surface area contributed by atoms with Crippen molar-refractivity contribution in [3.8, 4) is 0 Å². The van der Waals surface area contributed by atoms with Gasteiger partial charge in [-0.15, -0.1) is 0 Å². The van der Waals surface area contributed by atoms with Crippen LogP contribution in [0.2, 0.25) is 0 Å². The standard InChI is InChI=1S/C7H5NO2S2/c9-11-5-6-3-1-2-4-7(6)8-12-10/h1-5H. The quantitative estimate of drug-likeness (QED) is 0.669. The predicted molar refractivity (Wildman–Crippen MR) is 50.0 cm³/mol. The normalized spacial score (nSPS) is 8.67. The van der Waals surface area contributed by atoms with Crippen molar-refractivity contribution in [2.75, 3.05) is 0 Å². The fourth-order valence-electron chi connectivity index (χ4n) is 0.762. The number of hydrogen-bond acceptors (Lipinski definition) is 3. The number of hydrogen-bond donors (Lipinski definition) is 0. The van der Waals surface area contributed by atoms with Crippen LogP contribution >= 0.6 is 0 Å². The highest BCUT2D eigenvalue weighted by Gasteiger charge is 1.94. The van der Waals surface area contributed by atoms with E-state index in [1.807, 2.05) is 0 Å². The zero-order valence-electron chi connectivity index (χ0n) is 5.97. The highest BCUT2D eigenvalue weighted by atomic mass is 32.1. The third-order valence-corrected chi connectivity index (χ3v) is 1.87. The molecule has 0 fully saturated rings. The largest absolute Gasteiger partial charge is 0.212 e. The Hall–Kier alpha value is -1.07. The van der Waals surface area contributed by atoms with Crippen LogP contribution in [0.5, 0.6) is 0 Å². The smallest absolute Gasteiger partial charge is 0.205 e. The molecule has 0 N–H and O–H groups in total. The highest BCUT2D eigenvalue weighted by Crippen LogP contribution is 2.15. The molecule has 0 atom stereocenters. The zero-order chi connectivity index (χ0) is 8.81. The van der Waals surface area contributed by atoms with E-state index in [4.69, 9.17) is 0 Å². The molecule has 0 unspecified atom stereocenters. The number of benzene rings is 1. The molecule has 0 saturated heterocycles. The zero-order valence-corrected chi connectivity index (χ0v) is 7.60. The third kappa shape index (κ3) is 2.21. The van der Waals surface area contributed by atoms with Gasteiger partial charge in [-0.1, -0.05) is 18.2 Å². The third-order valence-electron chi connectivity index (χ3n) is 1.25. The molecule has 0 spiro atoms. The van der Waals surface area contributed by atoms with Gasteiger partial charge >= 0.3 is 0 Å². The van der Waals surface area contributed by atoms with Gasteiger partial charge in [0.1, 0.15) is 0 Å². The summed E-state index contributed by atoms with van der Waals surface area (Å²) in [6, 6.07) is 6.98. The molecule has 0 heterocycles. The van der Waals surface area contributed by atoms with E-state index in [2.05, 4.69) is 4.36 Å². The fraction of sp³-hybridized carbons (Fsp3) is 0. The molecule has 0 aliphatic carbocycles. The maximum Gasteiger partial charge on any atom is 0.205 e. The molecule has 1 aromatic carbocycles. The summed E-state index contributed by atoms with van der Waals surface area (Å²) in [5.74, 6) is 0. The Morgan fingerprint density at radius 1 is 1.25 bits per heavy atom. The van der Waals surface area contributed by atoms with Crippen LogP contribution in [0, 0.1) is 0 Å². The van der Waals surface area contributed by atoms with Gasteiger partial charge in [-0.2, -0.15) is 8.57 Å². The molecular weight excluding hydrogens is 194 g/mol. The number of rotatable bonds is 2. The van der Waals surface area contributed by atoms with Crippen molar-refractivity contribution >= 4 is 33.8 Å². The van der Waals surface area contributed by atoms with Crippen LogP contribution in [0.3, 0.4) is 0 Å². The second kappa shape index (κ2) is 4.74. The van der Waals surface area contributed by atoms with Crippen molar-refractivity contribution in [1.29, 1.82) is 0 Å². The molecule has 0 radical (unpaired) electrons. The minimum absolute atomic E-state index is 0.138. The lowest BCUT2D eigenvalue weighted by atomic mass is 10.2. The summed E-state index contributed by atoms with van der Waals surface area (Å²) in [5.41, 5.74) is 1.22. The summed E-state index contributed by atoms with van der Waals surface area (Å²) in [4.78, 5) is 0. The average Bonchev–Trinajstić information content (AvgIpc) is 2.09. The molecular formula is C7H5NO2S2. The van der Waals surface area contributed by atoms with Gasteiger partial charge in [-0.3, -0.25) is 0 Å². The maximum atomic E-state index is 10.2. The van der Waals surface area contributed by atoms with E-state index in [0.717, 1.165) is 0 Å². The Morgan fingerprint density at radius 2 is 2.00 bits per heavy atom. The Bertz CT molecular complexity index is 342. The van der Waals surface area contributed by atoms with Gasteiger partial charge in [0, 0.05) is 10.9 Å². The molecule has 0 saturated carbocycles. The van der Waals surface area contributed by atoms with E-state index < -0.39 is 0 Å². The van der Waals surface area contributed by atoms with E-state index in [-0.39, 0.29) is 11.5 Å². The molecule has 1 aromatic rings. The molecule has 0 aromatic heterocycles. The molecule has 1 rings (SSSR count). The molecule has 0 aliphatic rings. The van der Waals surface area contributed by atoms with Crippen LogP contribution in [-0.4, -0.2) is 13.8 Å². The van der Waals surface area contributed by atoms with E-state index in [9.17, 15) is 8.42 Å². The van der Waals surface area contributed by atoms with Crippen molar-refractivity contribution in [2.24, 2.45) is 4.36 Å². The summed E-state index contributed by atoms with van der Waals surface area (Å²) in [7, 11) is 0. The molecule has 0 aliphatic heterocycles. The first-order valence-electron chi connectivity index (χ1n) is 3.09. The topological polar surface area (TPSA) is 46.5 Å². The van der Waals surface area contributed by atoms with Crippen molar-refractivity contribution in [3.05, 3.63) is 29.8 Å². The fourth-order valence-corrected chi connectivity index (χ4v) is 1.31. The Labute approximate surface area is 76.7 Å². The Balaban J connectivity index is 3.25. The Kier molecular flexibility index (Phi) is 3.56. The molecule has 0 amide bonds. The predicted octanol–water partition coefficient (Wildman–Crippen LogP) is 1.08. The van der Waals surface area contributed by atoms with Crippen LogP contribution in [0.15, 0.2) is 28.6 Å². The Morgan fingerprint density at radius 3 is 2.67 bits per heavy atom. The first kappa shape index (κ1) is 9.02. The van der Waals surface area contributed by atoms with Gasteiger partial charge in [0.2, 0.25) is 11.5 Å². The summed E-state index contributed by atoms with van der Waals surface area (Å²) >= 11 is 0.487. The summed E-state index contributed by atoms with van der Waals surface area (Å²) in [6.45, 7) is 0. The van der Waals surface area contributed by atoms with Crippen LogP contribution < -0.4 is 0 Å². The second-order valence-corrected chi connectivity index (χ2v) is 2.70. The summed E-state index contributed by atoms with van der Waals surface area (Å²) < 4.78 is 23.9. The van der Waals surface area contributed by atoms with Crippen LogP contribution in [0.4, 0.5) is 5.69 Å². The molecule has 62 valence electrons. The SMILES string of the molecule is O=S=Cc1ccccc1N=S=O. The molecule has 3 nitrogen and oxygen atoms in total. The van der Waals surface area contributed by atoms with Crippen LogP contribution in [0.1, 0.15) is 5.56 Å². The second-order valence-electron chi connectivity index (χ2n) is 1.94. The first-order valence-corrected chi connectivity index (χ1v) is 4.59. The van der Waals surface area contributed by atoms with Crippen LogP contribution in [0.25, 0.3) is 0 Å². The van der Waals surface area contributed by atoms with Crippen molar-refractivity contribution in [2.45, 2.75) is 0 Å². The van der Waals surface area contributed by atoms with Gasteiger partial charge in [0.25, 0.3) is 0 Å². The van der Waals surface area contributed by atoms with Gasteiger partial charge in [0.15, 0.2) is 0 Å². The van der Waals surface area contributed by atoms with Gasteiger partial charge in [-0.25, -0.2) is 4.21 Å². The van der Waals surface area contributed by atoms with Gasteiger partial charge in [-0.05, 0) is 6.07 Å². The minimum atomic E-state index is 0.138. The maximum absolute atomic E-state index is 10.2. The summed E-state index contributed by atoms with van der Waals surface area (Å²) in [5, 5.41) is 1.41. The monoisotopic (exact) mass is 199 g/mol. The van der Waals surface area contributed by atoms with Crippen molar-refractivity contribution in [3.63, 3.8) is 0 Å². The first-order chi connectivity index (χ1) is 5.88. The average molecular weight is 199 g/mol. The minimum Gasteiger partial charge on any atom is -0.212 e. The molecule has 12 heavy (non-hydrogen) atoms. The van der Waals surface area contributed by atoms with Gasteiger partial charge in [0.05, 0.1) is 16.9 Å². The highest BCUT2D eigenvalue weighted by molar-refractivity contribution is 7.65.